The summed E-state index contributed by atoms with van der Waals surface area (Å²) in [5.41, 5.74) is 0.922. The molecule has 0 fully saturated rings. The van der Waals surface area contributed by atoms with E-state index in [2.05, 4.69) is 4.99 Å². The Balaban J connectivity index is 2.86. The average Bonchev–Trinajstić information content (AvgIpc) is 2.34. The van der Waals surface area contributed by atoms with E-state index in [9.17, 15) is 0 Å². The van der Waals surface area contributed by atoms with E-state index in [1.807, 2.05) is 32.9 Å². The first-order valence-electron chi connectivity index (χ1n) is 3.77. The first-order valence-corrected chi connectivity index (χ1v) is 4.58. The van der Waals surface area contributed by atoms with Crippen molar-refractivity contribution >= 4 is 22.9 Å². The Morgan fingerprint density at radius 3 is 2.50 bits per heavy atom. The highest BCUT2D eigenvalue weighted by Crippen LogP contribution is 2.15. The molecule has 0 saturated carbocycles. The van der Waals surface area contributed by atoms with Crippen LogP contribution < -0.4 is 0 Å². The number of nitrogens with one attached hydrogen (secondary N) is 1. The fourth-order valence-corrected chi connectivity index (χ4v) is 1.60. The Labute approximate surface area is 76.5 Å². The van der Waals surface area contributed by atoms with E-state index in [0.717, 1.165) is 10.6 Å². The summed E-state index contributed by atoms with van der Waals surface area (Å²) in [6.07, 6.45) is 0. The zero-order chi connectivity index (χ0) is 9.14. The molecule has 0 radical (unpaired) electrons. The van der Waals surface area contributed by atoms with Crippen molar-refractivity contribution in [2.45, 2.75) is 20.8 Å². The highest BCUT2D eigenvalue weighted by Gasteiger charge is 2.01. The van der Waals surface area contributed by atoms with Gasteiger partial charge in [-0.2, -0.15) is 0 Å². The normalized spacial score (nSPS) is 9.58. The molecular formula is C9H12N2S. The van der Waals surface area contributed by atoms with Crippen LogP contribution in [0, 0.1) is 12.3 Å². The van der Waals surface area contributed by atoms with Crippen LogP contribution in [0.15, 0.2) is 17.1 Å². The van der Waals surface area contributed by atoms with E-state index >= 15 is 0 Å². The Hall–Kier alpha value is -0.960. The van der Waals surface area contributed by atoms with Crippen LogP contribution in [-0.2, 0) is 0 Å². The Morgan fingerprint density at radius 1 is 1.42 bits per heavy atom. The minimum absolute atomic E-state index is 0.369. The third-order valence-electron chi connectivity index (χ3n) is 1.31. The average molecular weight is 180 g/mol. The van der Waals surface area contributed by atoms with Gasteiger partial charge in [-0.3, -0.25) is 5.41 Å². The van der Waals surface area contributed by atoms with Gasteiger partial charge in [-0.25, -0.2) is 4.99 Å². The van der Waals surface area contributed by atoms with Crippen molar-refractivity contribution in [1.29, 1.82) is 5.41 Å². The monoisotopic (exact) mass is 180 g/mol. The van der Waals surface area contributed by atoms with E-state index in [0.29, 0.717) is 5.84 Å². The first-order chi connectivity index (χ1) is 5.59. The molecule has 3 heteroatoms. The number of hydrogen-bond acceptors (Lipinski definition) is 2. The SMILES string of the molecule is CC(C)=NC(=N)c1ccc(C)s1. The van der Waals surface area contributed by atoms with E-state index in [1.54, 1.807) is 11.3 Å². The largest absolute Gasteiger partial charge is 0.282 e. The molecule has 12 heavy (non-hydrogen) atoms. The summed E-state index contributed by atoms with van der Waals surface area (Å²) >= 11 is 1.61. The Kier molecular flexibility index (Phi) is 2.76. The lowest BCUT2D eigenvalue weighted by Crippen LogP contribution is -1.94. The molecule has 0 saturated heterocycles. The fraction of sp³-hybridized carbons (Fsp3) is 0.333. The molecule has 0 atom stereocenters. The van der Waals surface area contributed by atoms with Gasteiger partial charge in [-0.1, -0.05) is 0 Å². The smallest absolute Gasteiger partial charge is 0.161 e. The van der Waals surface area contributed by atoms with Crippen LogP contribution in [0.2, 0.25) is 0 Å². The molecule has 0 unspecified atom stereocenters. The maximum Gasteiger partial charge on any atom is 0.161 e. The predicted octanol–water partition coefficient (Wildman–Crippen LogP) is 2.86. The lowest BCUT2D eigenvalue weighted by atomic mass is 10.4. The molecule has 0 aliphatic rings. The van der Waals surface area contributed by atoms with Crippen molar-refractivity contribution in [3.63, 3.8) is 0 Å². The standard InChI is InChI=1S/C9H12N2S/c1-6(2)11-9(10)8-5-4-7(3)12-8/h4-5,10H,1-3H3. The van der Waals surface area contributed by atoms with Gasteiger partial charge < -0.3 is 0 Å². The third-order valence-corrected chi connectivity index (χ3v) is 2.32. The Bertz CT molecular complexity index is 319. The van der Waals surface area contributed by atoms with Crippen molar-refractivity contribution in [3.05, 3.63) is 21.9 Å². The van der Waals surface area contributed by atoms with Crippen LogP contribution in [-0.4, -0.2) is 11.5 Å². The zero-order valence-electron chi connectivity index (χ0n) is 7.51. The zero-order valence-corrected chi connectivity index (χ0v) is 8.33. The summed E-state index contributed by atoms with van der Waals surface area (Å²) in [6.45, 7) is 5.83. The van der Waals surface area contributed by atoms with Gasteiger partial charge in [0.1, 0.15) is 0 Å². The second kappa shape index (κ2) is 3.63. The van der Waals surface area contributed by atoms with Gasteiger partial charge in [0.25, 0.3) is 0 Å². The second-order valence-electron chi connectivity index (χ2n) is 2.82. The summed E-state index contributed by atoms with van der Waals surface area (Å²) in [5, 5.41) is 7.60. The van der Waals surface area contributed by atoms with Crippen molar-refractivity contribution in [2.75, 3.05) is 0 Å². The van der Waals surface area contributed by atoms with Crippen molar-refractivity contribution < 1.29 is 0 Å². The lowest BCUT2D eigenvalue weighted by Gasteiger charge is -1.92. The van der Waals surface area contributed by atoms with E-state index in [4.69, 9.17) is 5.41 Å². The van der Waals surface area contributed by atoms with Crippen molar-refractivity contribution in [1.82, 2.24) is 0 Å². The molecule has 0 aliphatic heterocycles. The summed E-state index contributed by atoms with van der Waals surface area (Å²) in [5.74, 6) is 0.369. The highest BCUT2D eigenvalue weighted by atomic mass is 32.1. The third kappa shape index (κ3) is 2.27. The summed E-state index contributed by atoms with van der Waals surface area (Å²) < 4.78 is 0. The van der Waals surface area contributed by atoms with E-state index in [-0.39, 0.29) is 0 Å². The van der Waals surface area contributed by atoms with Crippen LogP contribution in [0.3, 0.4) is 0 Å². The van der Waals surface area contributed by atoms with Crippen LogP contribution >= 0.6 is 11.3 Å². The maximum atomic E-state index is 7.60. The number of aliphatic imine (C=N–C) groups is 1. The summed E-state index contributed by atoms with van der Waals surface area (Å²) in [7, 11) is 0. The second-order valence-corrected chi connectivity index (χ2v) is 4.11. The van der Waals surface area contributed by atoms with Crippen LogP contribution in [0.25, 0.3) is 0 Å². The van der Waals surface area contributed by atoms with Crippen LogP contribution in [0.5, 0.6) is 0 Å². The fourth-order valence-electron chi connectivity index (χ4n) is 0.840. The lowest BCUT2D eigenvalue weighted by molar-refractivity contribution is 1.43. The number of aryl methyl sites for hydroxylation is 1. The molecule has 0 aliphatic carbocycles. The minimum atomic E-state index is 0.369. The highest BCUT2D eigenvalue weighted by molar-refractivity contribution is 7.14. The quantitative estimate of drug-likeness (QED) is 0.509. The van der Waals surface area contributed by atoms with Gasteiger partial charge in [0.05, 0.1) is 4.88 Å². The molecule has 0 spiro atoms. The molecule has 1 aromatic rings. The summed E-state index contributed by atoms with van der Waals surface area (Å²) in [4.78, 5) is 6.23. The van der Waals surface area contributed by atoms with Gasteiger partial charge in [-0.15, -0.1) is 11.3 Å². The molecule has 1 rings (SSSR count). The van der Waals surface area contributed by atoms with Gasteiger partial charge in [0, 0.05) is 10.6 Å². The molecule has 64 valence electrons. The van der Waals surface area contributed by atoms with Crippen molar-refractivity contribution in [3.8, 4) is 0 Å². The van der Waals surface area contributed by atoms with E-state index < -0.39 is 0 Å². The predicted molar refractivity (Wildman–Crippen MR) is 54.7 cm³/mol. The van der Waals surface area contributed by atoms with Crippen LogP contribution in [0.4, 0.5) is 0 Å². The molecule has 2 nitrogen and oxygen atoms in total. The van der Waals surface area contributed by atoms with E-state index in [1.165, 1.54) is 4.88 Å². The molecule has 1 heterocycles. The maximum absolute atomic E-state index is 7.60. The number of amidine groups is 1. The van der Waals surface area contributed by atoms with Crippen LogP contribution in [0.1, 0.15) is 23.6 Å². The van der Waals surface area contributed by atoms with Gasteiger partial charge in [0.15, 0.2) is 5.84 Å². The first kappa shape index (κ1) is 9.13. The molecule has 0 amide bonds. The molecule has 1 aromatic heterocycles. The molecule has 1 N–H and O–H groups in total. The molecular weight excluding hydrogens is 168 g/mol. The van der Waals surface area contributed by atoms with Gasteiger partial charge in [0.2, 0.25) is 0 Å². The topological polar surface area (TPSA) is 36.2 Å². The molecule has 0 aromatic carbocycles. The number of rotatable bonds is 1. The molecule has 0 bridgehead atoms. The number of hydrogen-bond donors (Lipinski definition) is 1. The number of thiophene rings is 1. The Morgan fingerprint density at radius 2 is 2.08 bits per heavy atom. The summed E-state index contributed by atoms with van der Waals surface area (Å²) in [6, 6.07) is 3.95. The van der Waals surface area contributed by atoms with Gasteiger partial charge in [-0.05, 0) is 32.9 Å². The number of nitrogens with zero attached hydrogens (tertiary/aromatic N) is 1. The minimum Gasteiger partial charge on any atom is -0.282 e. The van der Waals surface area contributed by atoms with Crippen molar-refractivity contribution in [2.24, 2.45) is 4.99 Å². The van der Waals surface area contributed by atoms with Gasteiger partial charge >= 0.3 is 0 Å².